The highest BCUT2D eigenvalue weighted by Crippen LogP contribution is 2.36. The minimum absolute atomic E-state index is 0.0278. The van der Waals surface area contributed by atoms with Crippen molar-refractivity contribution in [1.82, 2.24) is 10.6 Å². The fourth-order valence-corrected chi connectivity index (χ4v) is 4.35. The van der Waals surface area contributed by atoms with Crippen LogP contribution in [-0.4, -0.2) is 41.2 Å². The molecular weight excluding hydrogens is 431 g/mol. The molecule has 30 heavy (non-hydrogen) atoms. The van der Waals surface area contributed by atoms with Crippen molar-refractivity contribution in [3.8, 4) is 0 Å². The molecule has 2 amide bonds. The average molecular weight is 461 g/mol. The molecule has 0 heterocycles. The van der Waals surface area contributed by atoms with E-state index in [1.54, 1.807) is 0 Å². The highest BCUT2D eigenvalue weighted by atomic mass is 35.5. The minimum Gasteiger partial charge on any atom is -0.480 e. The number of rotatable bonds is 9. The first-order chi connectivity index (χ1) is 13.8. The number of benzene rings is 1. The van der Waals surface area contributed by atoms with Crippen LogP contribution in [0.25, 0.3) is 0 Å². The molecule has 3 atom stereocenters. The summed E-state index contributed by atoms with van der Waals surface area (Å²) in [4.78, 5) is 37.9. The van der Waals surface area contributed by atoms with Gasteiger partial charge >= 0.3 is 5.97 Å². The van der Waals surface area contributed by atoms with Crippen molar-refractivity contribution in [3.63, 3.8) is 0 Å². The second-order valence-corrected chi connectivity index (χ2v) is 10.2. The minimum atomic E-state index is -1.19. The lowest BCUT2D eigenvalue weighted by atomic mass is 9.85. The van der Waals surface area contributed by atoms with E-state index in [4.69, 9.17) is 11.6 Å². The van der Waals surface area contributed by atoms with Crippen molar-refractivity contribution < 1.29 is 23.9 Å². The van der Waals surface area contributed by atoms with E-state index in [-0.39, 0.29) is 16.8 Å². The van der Waals surface area contributed by atoms with Crippen LogP contribution in [0.5, 0.6) is 0 Å². The molecule has 0 unspecified atom stereocenters. The molecule has 9 heteroatoms. The maximum atomic E-state index is 13.4. The number of likely N-dealkylation sites (N-methyl/N-ethyl adjacent to an activating group) is 1. The van der Waals surface area contributed by atoms with E-state index < -0.39 is 40.3 Å². The third-order valence-electron chi connectivity index (χ3n) is 4.48. The molecule has 6 nitrogen and oxygen atoms in total. The molecule has 0 spiro atoms. The highest BCUT2D eigenvalue weighted by Gasteiger charge is 2.39. The number of halogens is 2. The number of hydrogen-bond acceptors (Lipinski definition) is 4. The monoisotopic (exact) mass is 460 g/mol. The summed E-state index contributed by atoms with van der Waals surface area (Å²) in [6.07, 6.45) is 0.291. The predicted molar refractivity (Wildman–Crippen MR) is 117 cm³/mol. The van der Waals surface area contributed by atoms with Gasteiger partial charge in [-0.2, -0.15) is 0 Å². The Hall–Kier alpha value is -1.80. The number of carbonyl (C=O) groups excluding carboxylic acids is 2. The summed E-state index contributed by atoms with van der Waals surface area (Å²) in [7, 11) is 1.48. The van der Waals surface area contributed by atoms with Gasteiger partial charge in [-0.15, -0.1) is 11.8 Å². The molecule has 168 valence electrons. The zero-order valence-electron chi connectivity index (χ0n) is 18.1. The van der Waals surface area contributed by atoms with Crippen LogP contribution in [0.2, 0.25) is 5.02 Å². The molecular formula is C21H30ClFN2O4S. The summed E-state index contributed by atoms with van der Waals surface area (Å²) in [5.74, 6) is -3.51. The molecule has 3 N–H and O–H groups in total. The van der Waals surface area contributed by atoms with Crippen molar-refractivity contribution in [3.05, 3.63) is 29.0 Å². The highest BCUT2D eigenvalue weighted by molar-refractivity contribution is 8.00. The molecule has 0 saturated carbocycles. The molecule has 1 rings (SSSR count). The fraction of sp³-hybridized carbons (Fsp3) is 0.571. The molecule has 0 fully saturated rings. The van der Waals surface area contributed by atoms with E-state index in [1.165, 1.54) is 19.2 Å². The second kappa shape index (κ2) is 11.0. The standard InChI is InChI=1S/C21H30ClFN2O4S/c1-11(2)9-13(18(26)25-17(19(27)24-6)21(3,4)5)16(20(28)29)30-15-8-7-12(23)10-14(15)22/h7-8,10-11,13,16-17H,9H2,1-6H3,(H,24,27)(H,25,26)(H,28,29)/t13-,16+,17-/m1/s1. The SMILES string of the molecule is CNC(=O)[C@@H](NC(=O)[C@H](CC(C)C)[C@H](Sc1ccc(F)cc1Cl)C(=O)O)C(C)(C)C. The third kappa shape index (κ3) is 7.47. The number of nitrogens with one attached hydrogen (secondary N) is 2. The van der Waals surface area contributed by atoms with E-state index in [2.05, 4.69) is 10.6 Å². The van der Waals surface area contributed by atoms with Crippen molar-refractivity contribution in [2.24, 2.45) is 17.3 Å². The lowest BCUT2D eigenvalue weighted by Gasteiger charge is -2.32. The lowest BCUT2D eigenvalue weighted by molar-refractivity contribution is -0.141. The Morgan fingerprint density at radius 3 is 2.23 bits per heavy atom. The first-order valence-corrected chi connectivity index (χ1v) is 10.9. The van der Waals surface area contributed by atoms with Crippen molar-refractivity contribution >= 4 is 41.1 Å². The summed E-state index contributed by atoms with van der Waals surface area (Å²) in [5, 5.41) is 14.0. The quantitative estimate of drug-likeness (QED) is 0.485. The van der Waals surface area contributed by atoms with Gasteiger partial charge in [0, 0.05) is 11.9 Å². The average Bonchev–Trinajstić information content (AvgIpc) is 2.61. The van der Waals surface area contributed by atoms with Crippen LogP contribution in [-0.2, 0) is 14.4 Å². The van der Waals surface area contributed by atoms with Crippen LogP contribution in [0.15, 0.2) is 23.1 Å². The van der Waals surface area contributed by atoms with Crippen LogP contribution < -0.4 is 10.6 Å². The Bertz CT molecular complexity index is 783. The first-order valence-electron chi connectivity index (χ1n) is 9.64. The number of aliphatic carboxylic acids is 1. The maximum Gasteiger partial charge on any atom is 0.317 e. The summed E-state index contributed by atoms with van der Waals surface area (Å²) in [6.45, 7) is 9.20. The maximum absolute atomic E-state index is 13.4. The number of hydrogen-bond donors (Lipinski definition) is 3. The smallest absolute Gasteiger partial charge is 0.317 e. The molecule has 0 saturated heterocycles. The first kappa shape index (κ1) is 26.2. The second-order valence-electron chi connectivity index (χ2n) is 8.61. The summed E-state index contributed by atoms with van der Waals surface area (Å²) in [5.41, 5.74) is -0.579. The Balaban J connectivity index is 3.26. The van der Waals surface area contributed by atoms with E-state index in [1.807, 2.05) is 34.6 Å². The van der Waals surface area contributed by atoms with Gasteiger partial charge < -0.3 is 15.7 Å². The largest absolute Gasteiger partial charge is 0.480 e. The van der Waals surface area contributed by atoms with Crippen LogP contribution >= 0.6 is 23.4 Å². The predicted octanol–water partition coefficient (Wildman–Crippen LogP) is 3.96. The molecule has 0 aliphatic rings. The van der Waals surface area contributed by atoms with Crippen LogP contribution in [0, 0.1) is 23.1 Å². The van der Waals surface area contributed by atoms with E-state index >= 15 is 0 Å². The van der Waals surface area contributed by atoms with Gasteiger partial charge in [0.25, 0.3) is 0 Å². The zero-order chi connectivity index (χ0) is 23.2. The Morgan fingerprint density at radius 1 is 1.20 bits per heavy atom. The molecule has 1 aromatic rings. The van der Waals surface area contributed by atoms with Gasteiger partial charge in [-0.1, -0.05) is 46.2 Å². The van der Waals surface area contributed by atoms with Gasteiger partial charge in [-0.05, 0) is 36.0 Å². The Kier molecular flexibility index (Phi) is 9.62. The van der Waals surface area contributed by atoms with Crippen molar-refractivity contribution in [2.45, 2.75) is 57.2 Å². The van der Waals surface area contributed by atoms with Crippen LogP contribution in [0.1, 0.15) is 41.0 Å². The van der Waals surface area contributed by atoms with Crippen LogP contribution in [0.4, 0.5) is 4.39 Å². The van der Waals surface area contributed by atoms with Gasteiger partial charge in [0.1, 0.15) is 17.1 Å². The van der Waals surface area contributed by atoms with Gasteiger partial charge in [0.15, 0.2) is 0 Å². The number of thioether (sulfide) groups is 1. The molecule has 0 aliphatic carbocycles. The van der Waals surface area contributed by atoms with E-state index in [0.717, 1.165) is 17.8 Å². The zero-order valence-corrected chi connectivity index (χ0v) is 19.7. The summed E-state index contributed by atoms with van der Waals surface area (Å²) < 4.78 is 13.4. The van der Waals surface area contributed by atoms with Gasteiger partial charge in [-0.25, -0.2) is 4.39 Å². The number of carbonyl (C=O) groups is 3. The van der Waals surface area contributed by atoms with Crippen LogP contribution in [0.3, 0.4) is 0 Å². The van der Waals surface area contributed by atoms with Gasteiger partial charge in [0.05, 0.1) is 10.9 Å². The van der Waals surface area contributed by atoms with E-state index in [0.29, 0.717) is 11.3 Å². The number of amides is 2. The third-order valence-corrected chi connectivity index (χ3v) is 6.30. The molecule has 0 bridgehead atoms. The van der Waals surface area contributed by atoms with Crippen molar-refractivity contribution in [2.75, 3.05) is 7.05 Å². The number of carboxylic acids is 1. The molecule has 0 aliphatic heterocycles. The number of carboxylic acid groups (broad SMARTS) is 1. The van der Waals surface area contributed by atoms with Gasteiger partial charge in [0.2, 0.25) is 11.8 Å². The molecule has 1 aromatic carbocycles. The normalized spacial score (nSPS) is 14.7. The van der Waals surface area contributed by atoms with Gasteiger partial charge in [-0.3, -0.25) is 14.4 Å². The Labute approximate surface area is 186 Å². The topological polar surface area (TPSA) is 95.5 Å². The summed E-state index contributed by atoms with van der Waals surface area (Å²) >= 11 is 6.97. The van der Waals surface area contributed by atoms with E-state index in [9.17, 15) is 23.9 Å². The summed E-state index contributed by atoms with van der Waals surface area (Å²) in [6, 6.07) is 2.84. The molecule has 0 radical (unpaired) electrons. The lowest BCUT2D eigenvalue weighted by Crippen LogP contribution is -2.55. The fourth-order valence-electron chi connectivity index (χ4n) is 2.96. The Morgan fingerprint density at radius 2 is 1.80 bits per heavy atom. The molecule has 0 aromatic heterocycles. The van der Waals surface area contributed by atoms with Crippen molar-refractivity contribution in [1.29, 1.82) is 0 Å².